The van der Waals surface area contributed by atoms with Gasteiger partial charge in [0.2, 0.25) is 0 Å². The van der Waals surface area contributed by atoms with Gasteiger partial charge in [-0.3, -0.25) is 19.8 Å². The fourth-order valence-corrected chi connectivity index (χ4v) is 7.40. The van der Waals surface area contributed by atoms with Gasteiger partial charge in [0.05, 0.1) is 54.4 Å². The normalized spacial score (nSPS) is 15.5. The van der Waals surface area contributed by atoms with Crippen molar-refractivity contribution in [2.24, 2.45) is 9.98 Å². The Morgan fingerprint density at radius 2 is 1.12 bits per heavy atom. The van der Waals surface area contributed by atoms with Gasteiger partial charge >= 0.3 is 0 Å². The molecule has 0 spiro atoms. The third kappa shape index (κ3) is 11.2. The molecule has 2 fully saturated rings. The first-order valence-electron chi connectivity index (χ1n) is 20.3. The SMILES string of the molecule is Oc1[nH]c2ccc(F)cc2c1C=Nc1ccc(CCCCN2CCOCC2)cc1.Oc1[nH]c2cccc(F)c2c1C=Nc1ccc(CCCCN2CCOCC2)cc1. The molecule has 0 amide bonds. The summed E-state index contributed by atoms with van der Waals surface area (Å²) in [7, 11) is 0. The van der Waals surface area contributed by atoms with Gasteiger partial charge in [0.1, 0.15) is 11.6 Å². The highest BCUT2D eigenvalue weighted by Gasteiger charge is 2.14. The number of aryl methyl sites for hydroxylation is 2. The van der Waals surface area contributed by atoms with Gasteiger partial charge in [0.25, 0.3) is 0 Å². The van der Waals surface area contributed by atoms with Crippen LogP contribution >= 0.6 is 0 Å². The Hall–Kier alpha value is -5.40. The molecule has 4 aromatic carbocycles. The summed E-state index contributed by atoms with van der Waals surface area (Å²) in [6, 6.07) is 25.3. The van der Waals surface area contributed by atoms with Crippen LogP contribution in [0.5, 0.6) is 11.8 Å². The fraction of sp³-hybridized carbons (Fsp3) is 0.348. The van der Waals surface area contributed by atoms with Crippen LogP contribution in [0.15, 0.2) is 94.9 Å². The standard InChI is InChI=1S/2C23H26FN3O2/c24-20-5-3-6-21-22(20)19(23(28)26-21)16-25-18-9-7-17(8-10-18)4-1-2-11-27-12-14-29-15-13-27;24-18-6-9-22-20(15-18)21(23(28)26-22)16-25-19-7-4-17(5-8-19)3-1-2-10-27-11-13-29-14-12-27/h3,5-10,16,26,28H,1-2,4,11-15H2;4-9,15-16,26,28H,1-3,10-14H2. The molecule has 12 heteroatoms. The van der Waals surface area contributed by atoms with Crippen LogP contribution in [0.4, 0.5) is 20.2 Å². The van der Waals surface area contributed by atoms with E-state index in [9.17, 15) is 19.0 Å². The zero-order chi connectivity index (χ0) is 40.1. The number of H-pyrrole nitrogens is 2. The van der Waals surface area contributed by atoms with Crippen molar-refractivity contribution in [3.8, 4) is 11.8 Å². The summed E-state index contributed by atoms with van der Waals surface area (Å²) >= 11 is 0. The molecular formula is C46H52F2N6O4. The molecule has 4 heterocycles. The quantitative estimate of drug-likeness (QED) is 0.0647. The van der Waals surface area contributed by atoms with E-state index >= 15 is 0 Å². The summed E-state index contributed by atoms with van der Waals surface area (Å²) in [6.45, 7) is 9.87. The van der Waals surface area contributed by atoms with E-state index in [4.69, 9.17) is 9.47 Å². The molecule has 304 valence electrons. The van der Waals surface area contributed by atoms with Crippen LogP contribution < -0.4 is 0 Å². The van der Waals surface area contributed by atoms with E-state index in [-0.39, 0.29) is 23.4 Å². The van der Waals surface area contributed by atoms with E-state index < -0.39 is 0 Å². The lowest BCUT2D eigenvalue weighted by Crippen LogP contribution is -2.36. The average molecular weight is 791 g/mol. The van der Waals surface area contributed by atoms with Crippen molar-refractivity contribution < 1.29 is 28.5 Å². The van der Waals surface area contributed by atoms with Crippen molar-refractivity contribution in [3.05, 3.63) is 119 Å². The van der Waals surface area contributed by atoms with Crippen molar-refractivity contribution >= 4 is 45.6 Å². The lowest BCUT2D eigenvalue weighted by molar-refractivity contribution is 0.0371. The first-order valence-corrected chi connectivity index (χ1v) is 20.3. The van der Waals surface area contributed by atoms with E-state index in [0.29, 0.717) is 32.9 Å². The molecule has 2 aliphatic rings. The molecule has 2 aliphatic heterocycles. The first kappa shape index (κ1) is 40.8. The Kier molecular flexibility index (Phi) is 14.3. The first-order chi connectivity index (χ1) is 28.4. The molecule has 2 aromatic heterocycles. The number of rotatable bonds is 14. The number of halogens is 2. The Balaban J connectivity index is 0.000000177. The number of aliphatic imine (C=N–C) groups is 2. The van der Waals surface area contributed by atoms with Gasteiger partial charge in [-0.05, 0) is 117 Å². The number of nitrogens with zero attached hydrogens (tertiary/aromatic N) is 4. The Morgan fingerprint density at radius 1 is 0.603 bits per heavy atom. The third-order valence-electron chi connectivity index (χ3n) is 10.7. The maximum atomic E-state index is 14.1. The molecule has 0 radical (unpaired) electrons. The van der Waals surface area contributed by atoms with E-state index in [0.717, 1.165) is 103 Å². The minimum atomic E-state index is -0.382. The number of aromatic amines is 2. The van der Waals surface area contributed by atoms with E-state index in [1.165, 1.54) is 48.4 Å². The monoisotopic (exact) mass is 790 g/mol. The van der Waals surface area contributed by atoms with Crippen molar-refractivity contribution in [2.45, 2.75) is 38.5 Å². The van der Waals surface area contributed by atoms with Gasteiger partial charge in [-0.2, -0.15) is 0 Å². The summed E-state index contributed by atoms with van der Waals surface area (Å²) in [5.74, 6) is -0.811. The number of unbranched alkanes of at least 4 members (excludes halogenated alkanes) is 2. The molecule has 2 saturated heterocycles. The summed E-state index contributed by atoms with van der Waals surface area (Å²) in [5.41, 5.74) is 6.24. The zero-order valence-corrected chi connectivity index (χ0v) is 32.8. The van der Waals surface area contributed by atoms with Crippen LogP contribution in [-0.2, 0) is 22.3 Å². The second-order valence-corrected chi connectivity index (χ2v) is 14.8. The average Bonchev–Trinajstić information content (AvgIpc) is 3.75. The number of nitrogens with one attached hydrogen (secondary N) is 2. The number of fused-ring (bicyclic) bond motifs is 2. The second-order valence-electron chi connectivity index (χ2n) is 14.8. The van der Waals surface area contributed by atoms with Crippen molar-refractivity contribution in [3.63, 3.8) is 0 Å². The van der Waals surface area contributed by atoms with E-state index in [1.54, 1.807) is 24.4 Å². The van der Waals surface area contributed by atoms with Gasteiger partial charge in [-0.1, -0.05) is 30.3 Å². The molecule has 58 heavy (non-hydrogen) atoms. The molecule has 6 aromatic rings. The number of benzene rings is 4. The van der Waals surface area contributed by atoms with Crippen LogP contribution in [-0.4, -0.2) is 108 Å². The van der Waals surface area contributed by atoms with Gasteiger partial charge < -0.3 is 29.7 Å². The van der Waals surface area contributed by atoms with Gasteiger partial charge in [-0.15, -0.1) is 0 Å². The minimum Gasteiger partial charge on any atom is -0.494 e. The largest absolute Gasteiger partial charge is 0.494 e. The smallest absolute Gasteiger partial charge is 0.198 e. The topological polar surface area (TPSA) is 122 Å². The Morgan fingerprint density at radius 3 is 1.69 bits per heavy atom. The summed E-state index contributed by atoms with van der Waals surface area (Å²) in [6.07, 6.45) is 9.87. The van der Waals surface area contributed by atoms with Crippen LogP contribution in [0.3, 0.4) is 0 Å². The molecule has 10 nitrogen and oxygen atoms in total. The molecule has 0 bridgehead atoms. The second kappa shape index (κ2) is 20.3. The molecule has 0 aliphatic carbocycles. The van der Waals surface area contributed by atoms with Crippen molar-refractivity contribution in [2.75, 3.05) is 65.7 Å². The molecular weight excluding hydrogens is 739 g/mol. The van der Waals surface area contributed by atoms with Crippen molar-refractivity contribution in [1.82, 2.24) is 19.8 Å². The Labute approximate surface area is 337 Å². The van der Waals surface area contributed by atoms with Crippen LogP contribution in [0.1, 0.15) is 47.9 Å². The molecule has 0 saturated carbocycles. The van der Waals surface area contributed by atoms with Crippen LogP contribution in [0.2, 0.25) is 0 Å². The molecule has 8 rings (SSSR count). The minimum absolute atomic E-state index is 0.00811. The highest BCUT2D eigenvalue weighted by Crippen LogP contribution is 2.29. The maximum Gasteiger partial charge on any atom is 0.198 e. The third-order valence-corrected chi connectivity index (χ3v) is 10.7. The highest BCUT2D eigenvalue weighted by atomic mass is 19.1. The van der Waals surface area contributed by atoms with Gasteiger partial charge in [0.15, 0.2) is 11.8 Å². The number of aromatic hydroxyl groups is 2. The fourth-order valence-electron chi connectivity index (χ4n) is 7.40. The summed E-state index contributed by atoms with van der Waals surface area (Å²) < 4.78 is 38.4. The molecule has 0 unspecified atom stereocenters. The van der Waals surface area contributed by atoms with Crippen molar-refractivity contribution in [1.29, 1.82) is 0 Å². The maximum absolute atomic E-state index is 14.1. The summed E-state index contributed by atoms with van der Waals surface area (Å²) in [4.78, 5) is 19.4. The number of morpholine rings is 2. The predicted octanol–water partition coefficient (Wildman–Crippen LogP) is 8.84. The number of ether oxygens (including phenoxy) is 2. The van der Waals surface area contributed by atoms with E-state index in [2.05, 4.69) is 54.0 Å². The van der Waals surface area contributed by atoms with Crippen LogP contribution in [0, 0.1) is 11.6 Å². The number of hydrogen-bond donors (Lipinski definition) is 4. The summed E-state index contributed by atoms with van der Waals surface area (Å²) in [5, 5.41) is 21.1. The van der Waals surface area contributed by atoms with Gasteiger partial charge in [0, 0.05) is 54.9 Å². The van der Waals surface area contributed by atoms with E-state index in [1.807, 2.05) is 24.3 Å². The lowest BCUT2D eigenvalue weighted by atomic mass is 10.1. The number of hydrogen-bond acceptors (Lipinski definition) is 8. The molecule has 0 atom stereocenters. The Bertz CT molecular complexity index is 2270. The van der Waals surface area contributed by atoms with Crippen LogP contribution in [0.25, 0.3) is 21.8 Å². The molecule has 4 N–H and O–H groups in total. The highest BCUT2D eigenvalue weighted by molar-refractivity contribution is 6.03. The lowest BCUT2D eigenvalue weighted by Gasteiger charge is -2.26. The predicted molar refractivity (Wildman–Crippen MR) is 228 cm³/mol. The number of aromatic nitrogens is 2. The zero-order valence-electron chi connectivity index (χ0n) is 32.8. The van der Waals surface area contributed by atoms with Gasteiger partial charge in [-0.25, -0.2) is 8.78 Å².